The second-order valence-electron chi connectivity index (χ2n) is 5.13. The average Bonchev–Trinajstić information content (AvgIpc) is 2.38. The van der Waals surface area contributed by atoms with Crippen LogP contribution in [0.5, 0.6) is 0 Å². The summed E-state index contributed by atoms with van der Waals surface area (Å²) in [5.41, 5.74) is 9.21. The molecule has 3 heteroatoms. The molecule has 0 amide bonds. The molecule has 2 aromatic rings. The van der Waals surface area contributed by atoms with Crippen molar-refractivity contribution in [2.75, 3.05) is 5.73 Å². The number of hydrogen-bond donors (Lipinski definition) is 1. The second-order valence-corrected chi connectivity index (χ2v) is 5.13. The number of benzene rings is 1. The van der Waals surface area contributed by atoms with Crippen LogP contribution in [0.2, 0.25) is 0 Å². The molecule has 0 aliphatic heterocycles. The summed E-state index contributed by atoms with van der Waals surface area (Å²) in [6, 6.07) is 10.3. The topological polar surface area (TPSA) is 51.8 Å². The highest BCUT2D eigenvalue weighted by atomic mass is 14.9. The first-order valence-corrected chi connectivity index (χ1v) is 6.84. The quantitative estimate of drug-likeness (QED) is 0.904. The molecular formula is C16H21N3. The third-order valence-corrected chi connectivity index (χ3v) is 3.14. The lowest BCUT2D eigenvalue weighted by molar-refractivity contribution is 0.865. The summed E-state index contributed by atoms with van der Waals surface area (Å²) < 4.78 is 0. The molecule has 100 valence electrons. The number of nitrogen functional groups attached to an aromatic ring is 1. The number of aromatic nitrogens is 2. The summed E-state index contributed by atoms with van der Waals surface area (Å²) in [6.45, 7) is 6.51. The van der Waals surface area contributed by atoms with Gasteiger partial charge in [0.05, 0.1) is 0 Å². The zero-order valence-electron chi connectivity index (χ0n) is 11.9. The number of hydrogen-bond acceptors (Lipinski definition) is 3. The lowest BCUT2D eigenvalue weighted by Gasteiger charge is -2.08. The Morgan fingerprint density at radius 3 is 2.37 bits per heavy atom. The Balaban J connectivity index is 2.35. The van der Waals surface area contributed by atoms with Gasteiger partial charge < -0.3 is 5.73 Å². The lowest BCUT2D eigenvalue weighted by atomic mass is 10.0. The van der Waals surface area contributed by atoms with Gasteiger partial charge >= 0.3 is 0 Å². The van der Waals surface area contributed by atoms with Crippen molar-refractivity contribution in [1.29, 1.82) is 0 Å². The molecule has 3 nitrogen and oxygen atoms in total. The summed E-state index contributed by atoms with van der Waals surface area (Å²) >= 11 is 0. The predicted octanol–water partition coefficient (Wildman–Crippen LogP) is 3.80. The minimum Gasteiger partial charge on any atom is -0.384 e. The fourth-order valence-corrected chi connectivity index (χ4v) is 2.05. The van der Waals surface area contributed by atoms with E-state index in [-0.39, 0.29) is 0 Å². The van der Waals surface area contributed by atoms with Crippen molar-refractivity contribution in [3.8, 4) is 11.4 Å². The zero-order chi connectivity index (χ0) is 13.8. The van der Waals surface area contributed by atoms with Crippen molar-refractivity contribution in [3.63, 3.8) is 0 Å². The van der Waals surface area contributed by atoms with Crippen molar-refractivity contribution < 1.29 is 0 Å². The van der Waals surface area contributed by atoms with Crippen LogP contribution in [0, 0.1) is 0 Å². The molecule has 1 heterocycles. The normalized spacial score (nSPS) is 10.9. The number of aryl methyl sites for hydroxylation is 1. The Morgan fingerprint density at radius 1 is 1.11 bits per heavy atom. The van der Waals surface area contributed by atoms with Crippen LogP contribution in [0.15, 0.2) is 30.3 Å². The molecule has 0 atom stereocenters. The molecule has 1 aromatic heterocycles. The van der Waals surface area contributed by atoms with E-state index in [9.17, 15) is 0 Å². The first-order chi connectivity index (χ1) is 9.10. The van der Waals surface area contributed by atoms with E-state index in [4.69, 9.17) is 5.73 Å². The largest absolute Gasteiger partial charge is 0.384 e. The smallest absolute Gasteiger partial charge is 0.161 e. The average molecular weight is 255 g/mol. The van der Waals surface area contributed by atoms with E-state index in [1.165, 1.54) is 5.56 Å². The maximum Gasteiger partial charge on any atom is 0.161 e. The van der Waals surface area contributed by atoms with Crippen molar-refractivity contribution in [1.82, 2.24) is 9.97 Å². The highest BCUT2D eigenvalue weighted by molar-refractivity contribution is 5.57. The molecule has 0 aliphatic carbocycles. The van der Waals surface area contributed by atoms with Crippen molar-refractivity contribution in [2.45, 2.75) is 39.5 Å². The van der Waals surface area contributed by atoms with Crippen LogP contribution in [0.25, 0.3) is 11.4 Å². The molecule has 0 saturated heterocycles. The number of anilines is 1. The van der Waals surface area contributed by atoms with Crippen molar-refractivity contribution in [2.24, 2.45) is 0 Å². The molecule has 0 aliphatic rings. The highest BCUT2D eigenvalue weighted by Crippen LogP contribution is 2.21. The van der Waals surface area contributed by atoms with Crippen LogP contribution in [-0.2, 0) is 6.42 Å². The molecule has 0 bridgehead atoms. The van der Waals surface area contributed by atoms with Gasteiger partial charge in [0.15, 0.2) is 5.82 Å². The van der Waals surface area contributed by atoms with E-state index >= 15 is 0 Å². The third kappa shape index (κ3) is 3.31. The van der Waals surface area contributed by atoms with Crippen LogP contribution in [-0.4, -0.2) is 9.97 Å². The van der Waals surface area contributed by atoms with Gasteiger partial charge in [-0.1, -0.05) is 51.5 Å². The SMILES string of the molecule is CCCc1cc(N)nc(-c2ccc(C(C)C)cc2)n1. The Hall–Kier alpha value is -1.90. The van der Waals surface area contributed by atoms with Gasteiger partial charge in [0.2, 0.25) is 0 Å². The molecule has 0 unspecified atom stereocenters. The van der Waals surface area contributed by atoms with E-state index in [0.29, 0.717) is 11.7 Å². The highest BCUT2D eigenvalue weighted by Gasteiger charge is 2.06. The van der Waals surface area contributed by atoms with E-state index in [0.717, 1.165) is 29.9 Å². The molecule has 2 N–H and O–H groups in total. The molecular weight excluding hydrogens is 234 g/mol. The minimum atomic E-state index is 0.534. The van der Waals surface area contributed by atoms with Crippen molar-refractivity contribution >= 4 is 5.82 Å². The Morgan fingerprint density at radius 2 is 1.79 bits per heavy atom. The predicted molar refractivity (Wildman–Crippen MR) is 80.0 cm³/mol. The fraction of sp³-hybridized carbons (Fsp3) is 0.375. The fourth-order valence-electron chi connectivity index (χ4n) is 2.05. The van der Waals surface area contributed by atoms with E-state index in [2.05, 4.69) is 55.0 Å². The Kier molecular flexibility index (Phi) is 4.15. The van der Waals surface area contributed by atoms with Crippen LogP contribution >= 0.6 is 0 Å². The summed E-state index contributed by atoms with van der Waals surface area (Å²) in [5, 5.41) is 0. The van der Waals surface area contributed by atoms with Gasteiger partial charge in [0.25, 0.3) is 0 Å². The van der Waals surface area contributed by atoms with E-state index in [1.54, 1.807) is 0 Å². The number of nitrogens with two attached hydrogens (primary N) is 1. The summed E-state index contributed by atoms with van der Waals surface area (Å²) in [6.07, 6.45) is 1.99. The van der Waals surface area contributed by atoms with Crippen LogP contribution in [0.3, 0.4) is 0 Å². The van der Waals surface area contributed by atoms with Gasteiger partial charge in [-0.3, -0.25) is 0 Å². The maximum absolute atomic E-state index is 5.85. The van der Waals surface area contributed by atoms with E-state index in [1.807, 2.05) is 6.07 Å². The summed E-state index contributed by atoms with van der Waals surface area (Å²) in [5.74, 6) is 1.80. The molecule has 19 heavy (non-hydrogen) atoms. The minimum absolute atomic E-state index is 0.534. The zero-order valence-corrected chi connectivity index (χ0v) is 11.9. The number of nitrogens with zero attached hydrogens (tertiary/aromatic N) is 2. The third-order valence-electron chi connectivity index (χ3n) is 3.14. The van der Waals surface area contributed by atoms with Gasteiger partial charge in [-0.2, -0.15) is 0 Å². The maximum atomic E-state index is 5.85. The first kappa shape index (κ1) is 13.5. The lowest BCUT2D eigenvalue weighted by Crippen LogP contribution is -2.00. The van der Waals surface area contributed by atoms with Gasteiger partial charge in [-0.25, -0.2) is 9.97 Å². The molecule has 0 radical (unpaired) electrons. The molecule has 1 aromatic carbocycles. The van der Waals surface area contributed by atoms with Gasteiger partial charge in [-0.15, -0.1) is 0 Å². The van der Waals surface area contributed by atoms with Gasteiger partial charge in [-0.05, 0) is 17.9 Å². The standard InChI is InChI=1S/C16H21N3/c1-4-5-14-10-15(17)19-16(18-14)13-8-6-12(7-9-13)11(2)3/h6-11H,4-5H2,1-3H3,(H2,17,18,19). The van der Waals surface area contributed by atoms with Crippen molar-refractivity contribution in [3.05, 3.63) is 41.6 Å². The Labute approximate surface area is 114 Å². The molecule has 0 saturated carbocycles. The van der Waals surface area contributed by atoms with Crippen LogP contribution in [0.1, 0.15) is 44.4 Å². The Bertz CT molecular complexity index is 544. The first-order valence-electron chi connectivity index (χ1n) is 6.84. The molecule has 2 rings (SSSR count). The monoisotopic (exact) mass is 255 g/mol. The summed E-state index contributed by atoms with van der Waals surface area (Å²) in [4.78, 5) is 8.90. The van der Waals surface area contributed by atoms with E-state index < -0.39 is 0 Å². The van der Waals surface area contributed by atoms with Crippen LogP contribution < -0.4 is 5.73 Å². The molecule has 0 spiro atoms. The van der Waals surface area contributed by atoms with Crippen LogP contribution in [0.4, 0.5) is 5.82 Å². The summed E-state index contributed by atoms with van der Waals surface area (Å²) in [7, 11) is 0. The van der Waals surface area contributed by atoms with Gasteiger partial charge in [0, 0.05) is 17.3 Å². The second kappa shape index (κ2) is 5.83. The number of rotatable bonds is 4. The molecule has 0 fully saturated rings. The van der Waals surface area contributed by atoms with Gasteiger partial charge in [0.1, 0.15) is 5.82 Å².